The third-order valence-electron chi connectivity index (χ3n) is 5.09. The highest BCUT2D eigenvalue weighted by molar-refractivity contribution is 7.99. The van der Waals surface area contributed by atoms with Gasteiger partial charge in [0.1, 0.15) is 12.4 Å². The van der Waals surface area contributed by atoms with Gasteiger partial charge in [-0.15, -0.1) is 16.8 Å². The van der Waals surface area contributed by atoms with Crippen molar-refractivity contribution in [3.05, 3.63) is 77.6 Å². The van der Waals surface area contributed by atoms with Crippen LogP contribution in [-0.4, -0.2) is 32.5 Å². The summed E-state index contributed by atoms with van der Waals surface area (Å²) >= 11 is 7.30. The summed E-state index contributed by atoms with van der Waals surface area (Å²) in [5.74, 6) is 1.72. The fourth-order valence-electron chi connectivity index (χ4n) is 3.67. The van der Waals surface area contributed by atoms with E-state index < -0.39 is 0 Å². The summed E-state index contributed by atoms with van der Waals surface area (Å²) in [5, 5.41) is 9.86. The molecule has 2 aromatic carbocycles. The Morgan fingerprint density at radius 2 is 2.03 bits per heavy atom. The van der Waals surface area contributed by atoms with Gasteiger partial charge >= 0.3 is 0 Å². The molecule has 0 saturated heterocycles. The van der Waals surface area contributed by atoms with Crippen LogP contribution < -0.4 is 9.64 Å². The average molecular weight is 455 g/mol. The molecular formula is C23H23ClN4O2S. The molecule has 0 saturated carbocycles. The zero-order valence-corrected chi connectivity index (χ0v) is 18.8. The van der Waals surface area contributed by atoms with Gasteiger partial charge in [-0.05, 0) is 49.2 Å². The number of nitrogens with zero attached hydrogens (tertiary/aromatic N) is 4. The third-order valence-corrected chi connectivity index (χ3v) is 6.29. The van der Waals surface area contributed by atoms with Crippen LogP contribution in [-0.2, 0) is 24.4 Å². The predicted molar refractivity (Wildman–Crippen MR) is 124 cm³/mol. The number of aromatic nitrogens is 3. The lowest BCUT2D eigenvalue weighted by molar-refractivity contribution is -0.116. The van der Waals surface area contributed by atoms with Crippen molar-refractivity contribution >= 4 is 35.0 Å². The number of rotatable bonds is 8. The van der Waals surface area contributed by atoms with E-state index in [0.29, 0.717) is 28.3 Å². The molecule has 160 valence electrons. The Balaban J connectivity index is 1.43. The van der Waals surface area contributed by atoms with Crippen molar-refractivity contribution in [1.29, 1.82) is 0 Å². The van der Waals surface area contributed by atoms with Crippen LogP contribution in [0.25, 0.3) is 0 Å². The smallest absolute Gasteiger partial charge is 0.237 e. The summed E-state index contributed by atoms with van der Waals surface area (Å²) in [7, 11) is 0. The fraction of sp³-hybridized carbons (Fsp3) is 0.261. The number of anilines is 1. The number of amides is 1. The van der Waals surface area contributed by atoms with Crippen LogP contribution in [0.1, 0.15) is 18.3 Å². The first-order chi connectivity index (χ1) is 15.1. The highest BCUT2D eigenvalue weighted by atomic mass is 35.5. The maximum atomic E-state index is 13.0. The minimum atomic E-state index is 0.0644. The molecule has 1 aromatic heterocycles. The zero-order chi connectivity index (χ0) is 21.8. The summed E-state index contributed by atoms with van der Waals surface area (Å²) in [6.45, 7) is 6.69. The molecule has 8 heteroatoms. The topological polar surface area (TPSA) is 60.2 Å². The third kappa shape index (κ3) is 4.78. The largest absolute Gasteiger partial charge is 0.486 e. The molecular weight excluding hydrogens is 432 g/mol. The molecule has 3 aromatic rings. The zero-order valence-electron chi connectivity index (χ0n) is 17.2. The van der Waals surface area contributed by atoms with Crippen LogP contribution in [0.5, 0.6) is 5.75 Å². The molecule has 1 amide bonds. The van der Waals surface area contributed by atoms with E-state index in [9.17, 15) is 4.79 Å². The molecule has 6 nitrogen and oxygen atoms in total. The van der Waals surface area contributed by atoms with Crippen LogP contribution >= 0.6 is 23.4 Å². The minimum absolute atomic E-state index is 0.0644. The van der Waals surface area contributed by atoms with E-state index in [-0.39, 0.29) is 24.3 Å². The van der Waals surface area contributed by atoms with E-state index in [2.05, 4.69) is 29.8 Å². The van der Waals surface area contributed by atoms with Gasteiger partial charge in [0.05, 0.1) is 5.75 Å². The number of carbonyl (C=O) groups excluding carboxylic acids is 1. The highest BCUT2D eigenvalue weighted by Gasteiger charge is 2.30. The second kappa shape index (κ2) is 9.58. The Morgan fingerprint density at radius 1 is 1.26 bits per heavy atom. The van der Waals surface area contributed by atoms with Crippen LogP contribution in [0, 0.1) is 0 Å². The Labute approximate surface area is 190 Å². The van der Waals surface area contributed by atoms with E-state index in [1.165, 1.54) is 17.3 Å². The summed E-state index contributed by atoms with van der Waals surface area (Å²) in [6, 6.07) is 15.4. The van der Waals surface area contributed by atoms with Gasteiger partial charge in [0.2, 0.25) is 5.91 Å². The number of hydrogen-bond donors (Lipinski definition) is 0. The molecule has 0 bridgehead atoms. The number of allylic oxidation sites excluding steroid dienone is 1. The monoisotopic (exact) mass is 454 g/mol. The van der Waals surface area contributed by atoms with Gasteiger partial charge in [-0.3, -0.25) is 9.36 Å². The van der Waals surface area contributed by atoms with E-state index in [1.807, 2.05) is 27.7 Å². The number of fused-ring (bicyclic) bond motifs is 1. The number of para-hydroxylation sites is 1. The lowest BCUT2D eigenvalue weighted by Gasteiger charge is -2.22. The molecule has 4 rings (SSSR count). The molecule has 1 aliphatic heterocycles. The van der Waals surface area contributed by atoms with Crippen molar-refractivity contribution in [3.63, 3.8) is 0 Å². The van der Waals surface area contributed by atoms with Gasteiger partial charge in [0.15, 0.2) is 11.0 Å². The van der Waals surface area contributed by atoms with Crippen molar-refractivity contribution < 1.29 is 9.53 Å². The van der Waals surface area contributed by atoms with Gasteiger partial charge in [-0.2, -0.15) is 0 Å². The predicted octanol–water partition coefficient (Wildman–Crippen LogP) is 4.77. The van der Waals surface area contributed by atoms with Crippen LogP contribution in [0.15, 0.2) is 66.3 Å². The maximum Gasteiger partial charge on any atom is 0.237 e. The van der Waals surface area contributed by atoms with E-state index in [1.54, 1.807) is 30.3 Å². The quantitative estimate of drug-likeness (QED) is 0.362. The molecule has 2 heterocycles. The molecule has 0 aliphatic carbocycles. The maximum absolute atomic E-state index is 13.0. The molecule has 0 spiro atoms. The van der Waals surface area contributed by atoms with Gasteiger partial charge in [-0.25, -0.2) is 0 Å². The summed E-state index contributed by atoms with van der Waals surface area (Å²) in [4.78, 5) is 14.9. The molecule has 1 atom stereocenters. The van der Waals surface area contributed by atoms with Crippen molar-refractivity contribution in [2.45, 2.75) is 37.7 Å². The summed E-state index contributed by atoms with van der Waals surface area (Å²) < 4.78 is 7.73. The van der Waals surface area contributed by atoms with E-state index >= 15 is 0 Å². The molecule has 31 heavy (non-hydrogen) atoms. The van der Waals surface area contributed by atoms with Gasteiger partial charge < -0.3 is 9.64 Å². The molecule has 1 unspecified atom stereocenters. The first-order valence-corrected chi connectivity index (χ1v) is 11.4. The second-order valence-electron chi connectivity index (χ2n) is 7.27. The Bertz CT molecular complexity index is 1080. The summed E-state index contributed by atoms with van der Waals surface area (Å²) in [6.07, 6.45) is 2.66. The normalized spacial score (nSPS) is 15.0. The number of ether oxygens (including phenoxy) is 1. The van der Waals surface area contributed by atoms with E-state index in [4.69, 9.17) is 16.3 Å². The average Bonchev–Trinajstić information content (AvgIpc) is 3.31. The van der Waals surface area contributed by atoms with Crippen LogP contribution in [0.2, 0.25) is 5.02 Å². The van der Waals surface area contributed by atoms with Crippen LogP contribution in [0.4, 0.5) is 5.69 Å². The van der Waals surface area contributed by atoms with Crippen molar-refractivity contribution in [3.8, 4) is 5.75 Å². The lowest BCUT2D eigenvalue weighted by atomic mass is 10.1. The number of benzene rings is 2. The molecule has 1 aliphatic rings. The minimum Gasteiger partial charge on any atom is -0.486 e. The SMILES string of the molecule is C=CCn1c(COc2ccc(Cl)cc2)nnc1SCC(=O)N1c2ccccc2CC1C. The first-order valence-electron chi connectivity index (χ1n) is 10.0. The van der Waals surface area contributed by atoms with Crippen LogP contribution in [0.3, 0.4) is 0 Å². The number of thioether (sulfide) groups is 1. The van der Waals surface area contributed by atoms with Crippen molar-refractivity contribution in [1.82, 2.24) is 14.8 Å². The molecule has 0 fully saturated rings. The fourth-order valence-corrected chi connectivity index (χ4v) is 4.62. The first kappa shape index (κ1) is 21.5. The van der Waals surface area contributed by atoms with Gasteiger partial charge in [0.25, 0.3) is 0 Å². The Hall–Kier alpha value is -2.77. The number of hydrogen-bond acceptors (Lipinski definition) is 5. The van der Waals surface area contributed by atoms with Gasteiger partial charge in [0, 0.05) is 23.3 Å². The van der Waals surface area contributed by atoms with Crippen molar-refractivity contribution in [2.24, 2.45) is 0 Å². The Morgan fingerprint density at radius 3 is 2.81 bits per heavy atom. The van der Waals surface area contributed by atoms with E-state index in [0.717, 1.165) is 12.1 Å². The molecule has 0 N–H and O–H groups in total. The highest BCUT2D eigenvalue weighted by Crippen LogP contribution is 2.32. The standard InChI is InChI=1S/C23H23ClN4O2S/c1-3-12-27-21(14-30-19-10-8-18(24)9-11-19)25-26-23(27)31-15-22(29)28-16(2)13-17-6-4-5-7-20(17)28/h3-11,16H,1,12-15H2,2H3. The Kier molecular flexibility index (Phi) is 6.63. The number of carbonyl (C=O) groups is 1. The second-order valence-corrected chi connectivity index (χ2v) is 8.65. The summed E-state index contributed by atoms with van der Waals surface area (Å²) in [5.41, 5.74) is 2.22. The number of halogens is 1. The van der Waals surface area contributed by atoms with Crippen molar-refractivity contribution in [2.75, 3.05) is 10.7 Å². The molecule has 0 radical (unpaired) electrons. The van der Waals surface area contributed by atoms with Gasteiger partial charge in [-0.1, -0.05) is 47.6 Å². The lowest BCUT2D eigenvalue weighted by Crippen LogP contribution is -2.37.